The minimum atomic E-state index is -0.0865. The largest absolute Gasteiger partial charge is 0.355 e. The van der Waals surface area contributed by atoms with Crippen LogP contribution in [0.15, 0.2) is 17.1 Å². The van der Waals surface area contributed by atoms with Crippen LogP contribution in [0.2, 0.25) is 0 Å². The lowest BCUT2D eigenvalue weighted by molar-refractivity contribution is 0.497. The molecule has 1 N–H and O–H groups in total. The Labute approximate surface area is 157 Å². The van der Waals surface area contributed by atoms with Gasteiger partial charge >= 0.3 is 0 Å². The predicted octanol–water partition coefficient (Wildman–Crippen LogP) is 2.09. The Morgan fingerprint density at radius 3 is 2.93 bits per heavy atom. The molecule has 1 atom stereocenters. The number of aromatic nitrogens is 6. The fourth-order valence-corrected chi connectivity index (χ4v) is 3.85. The fraction of sp³-hybridized carbons (Fsp3) is 0.526. The van der Waals surface area contributed by atoms with Gasteiger partial charge in [0.1, 0.15) is 17.5 Å². The first-order chi connectivity index (χ1) is 13.0. The summed E-state index contributed by atoms with van der Waals surface area (Å²) in [5.41, 5.74) is 1.65. The van der Waals surface area contributed by atoms with Crippen molar-refractivity contribution in [2.24, 2.45) is 7.05 Å². The molecule has 0 aliphatic carbocycles. The van der Waals surface area contributed by atoms with E-state index < -0.39 is 0 Å². The lowest BCUT2D eigenvalue weighted by Crippen LogP contribution is -2.36. The highest BCUT2D eigenvalue weighted by Gasteiger charge is 2.26. The number of anilines is 1. The number of hydrogen-bond donors (Lipinski definition) is 1. The Morgan fingerprint density at radius 2 is 2.15 bits per heavy atom. The molecule has 0 amide bonds. The molecule has 142 valence electrons. The monoisotopic (exact) mass is 367 g/mol. The van der Waals surface area contributed by atoms with E-state index in [1.807, 2.05) is 24.9 Å². The van der Waals surface area contributed by atoms with Crippen molar-refractivity contribution in [2.45, 2.75) is 45.4 Å². The molecule has 3 aromatic rings. The zero-order chi connectivity index (χ0) is 19.0. The molecule has 1 fully saturated rings. The Hall–Kier alpha value is -2.77. The smallest absolute Gasteiger partial charge is 0.251 e. The normalized spacial score (nSPS) is 17.6. The van der Waals surface area contributed by atoms with E-state index in [1.54, 1.807) is 6.07 Å². The SMILES string of the molecule is CCCc1nc(N2CCCC(c3cc(=O)[nH]c(C)n3)C2)c2cnn(C)c2n1. The zero-order valence-electron chi connectivity index (χ0n) is 16.1. The topological polar surface area (TPSA) is 92.6 Å². The number of hydrogen-bond acceptors (Lipinski definition) is 6. The minimum Gasteiger partial charge on any atom is -0.355 e. The number of rotatable bonds is 4. The summed E-state index contributed by atoms with van der Waals surface area (Å²) in [4.78, 5) is 31.0. The van der Waals surface area contributed by atoms with Gasteiger partial charge in [0, 0.05) is 38.5 Å². The van der Waals surface area contributed by atoms with Gasteiger partial charge in [0.05, 0.1) is 17.3 Å². The third-order valence-corrected chi connectivity index (χ3v) is 5.11. The van der Waals surface area contributed by atoms with Crippen molar-refractivity contribution in [3.8, 4) is 0 Å². The Kier molecular flexibility index (Phi) is 4.63. The van der Waals surface area contributed by atoms with Gasteiger partial charge in [-0.2, -0.15) is 5.10 Å². The number of fused-ring (bicyclic) bond motifs is 1. The number of aryl methyl sites for hydroxylation is 3. The van der Waals surface area contributed by atoms with Crippen molar-refractivity contribution < 1.29 is 0 Å². The van der Waals surface area contributed by atoms with Crippen molar-refractivity contribution in [1.29, 1.82) is 0 Å². The molecule has 8 heteroatoms. The molecular formula is C19H25N7O. The minimum absolute atomic E-state index is 0.0865. The molecule has 0 spiro atoms. The van der Waals surface area contributed by atoms with Crippen LogP contribution in [0, 0.1) is 6.92 Å². The van der Waals surface area contributed by atoms with E-state index in [2.05, 4.69) is 31.9 Å². The van der Waals surface area contributed by atoms with Crippen LogP contribution in [0.1, 0.15) is 49.4 Å². The summed E-state index contributed by atoms with van der Waals surface area (Å²) in [7, 11) is 1.91. The fourth-order valence-electron chi connectivity index (χ4n) is 3.85. The summed E-state index contributed by atoms with van der Waals surface area (Å²) in [6.07, 6.45) is 5.75. The molecule has 3 aromatic heterocycles. The zero-order valence-corrected chi connectivity index (χ0v) is 16.1. The molecule has 1 saturated heterocycles. The molecule has 27 heavy (non-hydrogen) atoms. The van der Waals surface area contributed by atoms with Crippen molar-refractivity contribution in [2.75, 3.05) is 18.0 Å². The molecule has 0 saturated carbocycles. The Bertz CT molecular complexity index is 1020. The van der Waals surface area contributed by atoms with Gasteiger partial charge in [-0.15, -0.1) is 0 Å². The van der Waals surface area contributed by atoms with Crippen molar-refractivity contribution in [1.82, 2.24) is 29.7 Å². The average Bonchev–Trinajstić information content (AvgIpc) is 3.02. The molecule has 4 heterocycles. The van der Waals surface area contributed by atoms with Crippen molar-refractivity contribution in [3.63, 3.8) is 0 Å². The first kappa shape index (κ1) is 17.6. The van der Waals surface area contributed by atoms with Gasteiger partial charge in [-0.1, -0.05) is 6.92 Å². The van der Waals surface area contributed by atoms with Crippen LogP contribution in [0.5, 0.6) is 0 Å². The first-order valence-corrected chi connectivity index (χ1v) is 9.56. The molecule has 8 nitrogen and oxygen atoms in total. The summed E-state index contributed by atoms with van der Waals surface area (Å²) in [5.74, 6) is 2.69. The standard InChI is InChI=1S/C19H25N7O/c1-4-6-16-23-18-14(10-20-25(18)3)19(24-16)26-8-5-7-13(11-26)15-9-17(27)22-12(2)21-15/h9-10,13H,4-8,11H2,1-3H3,(H,21,22,27). The van der Waals surface area contributed by atoms with Gasteiger partial charge in [-0.3, -0.25) is 9.48 Å². The lowest BCUT2D eigenvalue weighted by atomic mass is 9.94. The molecule has 0 radical (unpaired) electrons. The maximum absolute atomic E-state index is 11.9. The number of aromatic amines is 1. The number of nitrogens with zero attached hydrogens (tertiary/aromatic N) is 6. The molecule has 1 aliphatic rings. The van der Waals surface area contributed by atoms with Crippen LogP contribution in [0.4, 0.5) is 5.82 Å². The van der Waals surface area contributed by atoms with E-state index in [0.29, 0.717) is 5.82 Å². The number of piperidine rings is 1. The molecule has 1 unspecified atom stereocenters. The highest BCUT2D eigenvalue weighted by molar-refractivity contribution is 5.87. The molecule has 1 aliphatic heterocycles. The summed E-state index contributed by atoms with van der Waals surface area (Å²) >= 11 is 0. The Balaban J connectivity index is 1.71. The van der Waals surface area contributed by atoms with Gasteiger partial charge in [-0.25, -0.2) is 15.0 Å². The molecular weight excluding hydrogens is 342 g/mol. The van der Waals surface area contributed by atoms with Gasteiger partial charge in [-0.05, 0) is 26.2 Å². The number of nitrogens with one attached hydrogen (secondary N) is 1. The summed E-state index contributed by atoms with van der Waals surface area (Å²) < 4.78 is 1.81. The third-order valence-electron chi connectivity index (χ3n) is 5.11. The van der Waals surface area contributed by atoms with E-state index in [4.69, 9.17) is 4.98 Å². The van der Waals surface area contributed by atoms with Crippen LogP contribution < -0.4 is 10.5 Å². The van der Waals surface area contributed by atoms with E-state index >= 15 is 0 Å². The van der Waals surface area contributed by atoms with Gasteiger partial charge in [0.15, 0.2) is 5.65 Å². The van der Waals surface area contributed by atoms with Gasteiger partial charge in [0.25, 0.3) is 5.56 Å². The second-order valence-electron chi connectivity index (χ2n) is 7.26. The lowest BCUT2D eigenvalue weighted by Gasteiger charge is -2.33. The maximum atomic E-state index is 11.9. The summed E-state index contributed by atoms with van der Waals surface area (Å²) in [6, 6.07) is 1.63. The van der Waals surface area contributed by atoms with Crippen LogP contribution >= 0.6 is 0 Å². The molecule has 4 rings (SSSR count). The first-order valence-electron chi connectivity index (χ1n) is 9.56. The second-order valence-corrected chi connectivity index (χ2v) is 7.26. The molecule has 0 aromatic carbocycles. The van der Waals surface area contributed by atoms with E-state index in [9.17, 15) is 4.79 Å². The summed E-state index contributed by atoms with van der Waals surface area (Å²) in [6.45, 7) is 5.69. The second kappa shape index (κ2) is 7.09. The van der Waals surface area contributed by atoms with Crippen LogP contribution in [-0.2, 0) is 13.5 Å². The maximum Gasteiger partial charge on any atom is 0.251 e. The number of H-pyrrole nitrogens is 1. The highest BCUT2D eigenvalue weighted by Crippen LogP contribution is 2.31. The van der Waals surface area contributed by atoms with Crippen LogP contribution in [-0.4, -0.2) is 42.8 Å². The van der Waals surface area contributed by atoms with Gasteiger partial charge < -0.3 is 9.88 Å². The van der Waals surface area contributed by atoms with E-state index in [1.165, 1.54) is 0 Å². The van der Waals surface area contributed by atoms with Crippen LogP contribution in [0.25, 0.3) is 11.0 Å². The summed E-state index contributed by atoms with van der Waals surface area (Å²) in [5, 5.41) is 5.36. The van der Waals surface area contributed by atoms with Crippen molar-refractivity contribution >= 4 is 16.9 Å². The van der Waals surface area contributed by atoms with Crippen molar-refractivity contribution in [3.05, 3.63) is 40.0 Å². The quantitative estimate of drug-likeness (QED) is 0.759. The average molecular weight is 367 g/mol. The van der Waals surface area contributed by atoms with Crippen LogP contribution in [0.3, 0.4) is 0 Å². The van der Waals surface area contributed by atoms with E-state index in [0.717, 1.165) is 67.1 Å². The Morgan fingerprint density at radius 1 is 1.30 bits per heavy atom. The van der Waals surface area contributed by atoms with Gasteiger partial charge in [0.2, 0.25) is 0 Å². The molecule has 0 bridgehead atoms. The predicted molar refractivity (Wildman–Crippen MR) is 104 cm³/mol. The third kappa shape index (κ3) is 3.43. The van der Waals surface area contributed by atoms with E-state index in [-0.39, 0.29) is 11.5 Å². The highest BCUT2D eigenvalue weighted by atomic mass is 16.1.